The van der Waals surface area contributed by atoms with Crippen LogP contribution in [0.2, 0.25) is 0 Å². The van der Waals surface area contributed by atoms with E-state index in [0.29, 0.717) is 80.2 Å². The molecule has 0 amide bonds. The first-order chi connectivity index (χ1) is 18.8. The largest absolute Gasteiger partial charge is 0.465 e. The summed E-state index contributed by atoms with van der Waals surface area (Å²) in [5.41, 5.74) is 0. The van der Waals surface area contributed by atoms with Gasteiger partial charge in [-0.1, -0.05) is 20.8 Å². The Morgan fingerprint density at radius 3 is 1.97 bits per heavy atom. The van der Waals surface area contributed by atoms with E-state index in [1.165, 1.54) is 0 Å². The summed E-state index contributed by atoms with van der Waals surface area (Å²) in [5, 5.41) is 0. The van der Waals surface area contributed by atoms with Gasteiger partial charge >= 0.3 is 11.9 Å². The van der Waals surface area contributed by atoms with E-state index in [1.807, 2.05) is 0 Å². The van der Waals surface area contributed by atoms with Crippen molar-refractivity contribution in [2.24, 2.45) is 41.4 Å². The van der Waals surface area contributed by atoms with Crippen molar-refractivity contribution in [1.29, 1.82) is 0 Å². The van der Waals surface area contributed by atoms with Gasteiger partial charge in [-0.15, -0.1) is 0 Å². The zero-order valence-electron chi connectivity index (χ0n) is 25.1. The number of epoxide rings is 1. The van der Waals surface area contributed by atoms with E-state index in [2.05, 4.69) is 20.8 Å². The average molecular weight is 551 g/mol. The van der Waals surface area contributed by atoms with Gasteiger partial charge in [-0.05, 0) is 106 Å². The summed E-state index contributed by atoms with van der Waals surface area (Å²) in [4.78, 5) is 25.9. The Morgan fingerprint density at radius 2 is 1.36 bits per heavy atom. The lowest BCUT2D eigenvalue weighted by Gasteiger charge is -2.33. The number of hydrogen-bond donors (Lipinski definition) is 0. The number of esters is 2. The van der Waals surface area contributed by atoms with Crippen LogP contribution in [0.15, 0.2) is 0 Å². The number of rotatable bonds is 13. The molecule has 0 radical (unpaired) electrons. The Kier molecular flexibility index (Phi) is 11.5. The molecule has 224 valence electrons. The van der Waals surface area contributed by atoms with E-state index < -0.39 is 0 Å². The van der Waals surface area contributed by atoms with Gasteiger partial charge < -0.3 is 23.7 Å². The van der Waals surface area contributed by atoms with Crippen molar-refractivity contribution in [3.8, 4) is 0 Å². The zero-order chi connectivity index (χ0) is 27.9. The second-order valence-electron chi connectivity index (χ2n) is 13.4. The van der Waals surface area contributed by atoms with E-state index in [1.54, 1.807) is 14.2 Å². The molecule has 4 rings (SSSR count). The molecule has 7 heteroatoms. The van der Waals surface area contributed by atoms with E-state index in [0.717, 1.165) is 57.8 Å². The maximum Gasteiger partial charge on any atom is 0.308 e. The Hall–Kier alpha value is -1.18. The van der Waals surface area contributed by atoms with Gasteiger partial charge in [0.2, 0.25) is 0 Å². The molecule has 11 unspecified atom stereocenters. The summed E-state index contributed by atoms with van der Waals surface area (Å²) in [6.07, 6.45) is 12.2. The standard InChI is InChI=1S/C32H54O7/c1-20-9-11-23(14-27(20)35-4)18-37-31(33)8-6-7-25(16-26-17-30-29(39-30)13-22(26)3)32(34)38-19-24-12-10-21(2)28(15-24)36-5/h20-30H,6-19H2,1-5H3. The van der Waals surface area contributed by atoms with Crippen LogP contribution >= 0.6 is 0 Å². The van der Waals surface area contributed by atoms with Gasteiger partial charge in [-0.25, -0.2) is 0 Å². The molecule has 1 aliphatic heterocycles. The minimum Gasteiger partial charge on any atom is -0.465 e. The van der Waals surface area contributed by atoms with Gasteiger partial charge in [0.05, 0.1) is 43.5 Å². The monoisotopic (exact) mass is 550 g/mol. The van der Waals surface area contributed by atoms with Crippen LogP contribution in [0.25, 0.3) is 0 Å². The first kappa shape index (κ1) is 30.8. The number of fused-ring (bicyclic) bond motifs is 1. The van der Waals surface area contributed by atoms with Gasteiger partial charge in [0, 0.05) is 20.6 Å². The number of hydrogen-bond acceptors (Lipinski definition) is 7. The first-order valence-electron chi connectivity index (χ1n) is 15.8. The van der Waals surface area contributed by atoms with E-state index in [-0.39, 0.29) is 30.1 Å². The molecule has 11 atom stereocenters. The molecule has 39 heavy (non-hydrogen) atoms. The molecule has 0 aromatic heterocycles. The van der Waals surface area contributed by atoms with E-state index in [9.17, 15) is 9.59 Å². The summed E-state index contributed by atoms with van der Waals surface area (Å²) >= 11 is 0. The van der Waals surface area contributed by atoms with Crippen molar-refractivity contribution in [3.63, 3.8) is 0 Å². The second-order valence-corrected chi connectivity index (χ2v) is 13.4. The van der Waals surface area contributed by atoms with Crippen molar-refractivity contribution >= 4 is 11.9 Å². The van der Waals surface area contributed by atoms with Crippen LogP contribution in [0.4, 0.5) is 0 Å². The van der Waals surface area contributed by atoms with Crippen LogP contribution < -0.4 is 0 Å². The van der Waals surface area contributed by atoms with Gasteiger partial charge in [0.1, 0.15) is 0 Å². The molecule has 0 aromatic carbocycles. The Bertz CT molecular complexity index is 786. The topological polar surface area (TPSA) is 83.6 Å². The summed E-state index contributed by atoms with van der Waals surface area (Å²) in [7, 11) is 3.55. The highest BCUT2D eigenvalue weighted by Crippen LogP contribution is 2.45. The fourth-order valence-corrected chi connectivity index (χ4v) is 7.49. The Balaban J connectivity index is 1.23. The molecule has 4 aliphatic rings. The fraction of sp³-hybridized carbons (Fsp3) is 0.938. The summed E-state index contributed by atoms with van der Waals surface area (Å²) in [6, 6.07) is 0. The molecule has 1 saturated heterocycles. The maximum absolute atomic E-state index is 13.4. The lowest BCUT2D eigenvalue weighted by molar-refractivity contribution is -0.153. The summed E-state index contributed by atoms with van der Waals surface area (Å²) in [5.74, 6) is 2.44. The SMILES string of the molecule is COC1CC(COC(=O)CCCC(CC2CC3OC3CC2C)C(=O)OCC2CCC(C)C(OC)C2)CCC1C. The molecule has 7 nitrogen and oxygen atoms in total. The summed E-state index contributed by atoms with van der Waals surface area (Å²) in [6.45, 7) is 7.70. The predicted molar refractivity (Wildman–Crippen MR) is 149 cm³/mol. The Morgan fingerprint density at radius 1 is 0.769 bits per heavy atom. The van der Waals surface area contributed by atoms with Gasteiger partial charge in [0.25, 0.3) is 0 Å². The van der Waals surface area contributed by atoms with Crippen LogP contribution in [-0.4, -0.2) is 63.8 Å². The van der Waals surface area contributed by atoms with Gasteiger partial charge in [-0.3, -0.25) is 9.59 Å². The highest BCUT2D eigenvalue weighted by molar-refractivity contribution is 5.73. The molecular weight excluding hydrogens is 496 g/mol. The van der Waals surface area contributed by atoms with E-state index >= 15 is 0 Å². The van der Waals surface area contributed by atoms with E-state index in [4.69, 9.17) is 23.7 Å². The molecule has 0 bridgehead atoms. The van der Waals surface area contributed by atoms with Crippen LogP contribution in [0.5, 0.6) is 0 Å². The van der Waals surface area contributed by atoms with Crippen LogP contribution in [-0.2, 0) is 33.3 Å². The molecule has 3 aliphatic carbocycles. The lowest BCUT2D eigenvalue weighted by Crippen LogP contribution is -2.33. The highest BCUT2D eigenvalue weighted by Gasteiger charge is 2.47. The zero-order valence-corrected chi connectivity index (χ0v) is 25.1. The van der Waals surface area contributed by atoms with Crippen LogP contribution in [0.1, 0.15) is 97.8 Å². The van der Waals surface area contributed by atoms with Crippen molar-refractivity contribution in [2.75, 3.05) is 27.4 Å². The van der Waals surface area contributed by atoms with Gasteiger partial charge in [-0.2, -0.15) is 0 Å². The predicted octanol–water partition coefficient (Wildman–Crippen LogP) is 5.97. The number of carbonyl (C=O) groups excluding carboxylic acids is 2. The second kappa shape index (κ2) is 14.6. The molecule has 4 fully saturated rings. The fourth-order valence-electron chi connectivity index (χ4n) is 7.49. The average Bonchev–Trinajstić information content (AvgIpc) is 3.69. The van der Waals surface area contributed by atoms with Crippen molar-refractivity contribution < 1.29 is 33.3 Å². The van der Waals surface area contributed by atoms with Gasteiger partial charge in [0.15, 0.2) is 0 Å². The molecule has 0 N–H and O–H groups in total. The number of carbonyl (C=O) groups is 2. The minimum atomic E-state index is -0.177. The summed E-state index contributed by atoms with van der Waals surface area (Å²) < 4.78 is 28.7. The number of methoxy groups -OCH3 is 2. The lowest BCUT2D eigenvalue weighted by atomic mass is 9.75. The normalized spacial score (nSPS) is 38.9. The third-order valence-electron chi connectivity index (χ3n) is 10.5. The minimum absolute atomic E-state index is 0.0936. The molecule has 0 spiro atoms. The maximum atomic E-state index is 13.4. The first-order valence-corrected chi connectivity index (χ1v) is 15.8. The Labute approximate surface area is 236 Å². The van der Waals surface area contributed by atoms with Crippen LogP contribution in [0.3, 0.4) is 0 Å². The van der Waals surface area contributed by atoms with Crippen molar-refractivity contribution in [2.45, 2.75) is 122 Å². The molecule has 0 aromatic rings. The molecule has 3 saturated carbocycles. The smallest absolute Gasteiger partial charge is 0.308 e. The highest BCUT2D eigenvalue weighted by atomic mass is 16.6. The third-order valence-corrected chi connectivity index (χ3v) is 10.5. The van der Waals surface area contributed by atoms with Crippen molar-refractivity contribution in [3.05, 3.63) is 0 Å². The van der Waals surface area contributed by atoms with Crippen LogP contribution in [0, 0.1) is 41.4 Å². The quantitative estimate of drug-likeness (QED) is 0.206. The molecule has 1 heterocycles. The third kappa shape index (κ3) is 8.90. The number of ether oxygens (including phenoxy) is 5. The van der Waals surface area contributed by atoms with Crippen molar-refractivity contribution in [1.82, 2.24) is 0 Å². The molecular formula is C32H54O7.